The van der Waals surface area contributed by atoms with Crippen molar-refractivity contribution in [1.82, 2.24) is 78.9 Å². The third kappa shape index (κ3) is 30.5. The summed E-state index contributed by atoms with van der Waals surface area (Å²) in [6, 6.07) is -8.64. The van der Waals surface area contributed by atoms with E-state index in [1.807, 2.05) is 20.8 Å². The van der Waals surface area contributed by atoms with E-state index in [4.69, 9.17) is 11.5 Å². The number of carbonyl (C=O) groups is 16. The van der Waals surface area contributed by atoms with Crippen LogP contribution in [0, 0.1) is 0 Å². The molecule has 0 spiro atoms. The molecule has 0 aromatic heterocycles. The first-order chi connectivity index (χ1) is 47.0. The second kappa shape index (κ2) is 43.0. The highest BCUT2D eigenvalue weighted by molar-refractivity contribution is 8.00. The molecule has 17 amide bonds. The Morgan fingerprint density at radius 1 is 0.545 bits per heavy atom. The van der Waals surface area contributed by atoms with Crippen LogP contribution in [0.25, 0.3) is 0 Å². The molecule has 0 bridgehead atoms. The van der Waals surface area contributed by atoms with E-state index >= 15 is 0 Å². The third-order valence-corrected chi connectivity index (χ3v) is 18.7. The van der Waals surface area contributed by atoms with E-state index in [-0.39, 0.29) is 142 Å². The van der Waals surface area contributed by atoms with Crippen molar-refractivity contribution in [3.8, 4) is 0 Å². The molecule has 37 heteroatoms. The van der Waals surface area contributed by atoms with E-state index in [0.717, 1.165) is 35.6 Å². The average molecular weight is 1430 g/mol. The van der Waals surface area contributed by atoms with Gasteiger partial charge in [-0.05, 0) is 83.2 Å². The minimum Gasteiger partial charge on any atom is -0.394 e. The number of aliphatic hydroxyl groups excluding tert-OH is 2. The second-order valence-electron chi connectivity index (χ2n) is 24.8. The van der Waals surface area contributed by atoms with Crippen LogP contribution < -0.4 is 80.6 Å². The smallest absolute Gasteiger partial charge is 0.315 e. The molecular formula is C62H97N17O18S2. The van der Waals surface area contributed by atoms with E-state index in [9.17, 15) is 86.9 Å². The molecular weight excluding hydrogens is 1330 g/mol. The van der Waals surface area contributed by atoms with Gasteiger partial charge in [0, 0.05) is 90.9 Å². The quantitative estimate of drug-likeness (QED) is 0.0153. The number of hydrogen-bond donors (Lipinski definition) is 17. The summed E-state index contributed by atoms with van der Waals surface area (Å²) in [5.41, 5.74) is 11.6. The lowest BCUT2D eigenvalue weighted by Gasteiger charge is -2.24. The molecule has 2 fully saturated rings. The van der Waals surface area contributed by atoms with Gasteiger partial charge in [-0.1, -0.05) is 33.8 Å². The van der Waals surface area contributed by atoms with Gasteiger partial charge in [-0.3, -0.25) is 76.8 Å². The molecule has 8 unspecified atom stereocenters. The number of fused-ring (bicyclic) bond motifs is 1. The Labute approximate surface area is 582 Å². The zero-order valence-corrected chi connectivity index (χ0v) is 57.7. The fourth-order valence-corrected chi connectivity index (χ4v) is 12.8. The standard InChI is InChI=1S/C62H97N17O18S2/c1-36-18-19-51(88)78(36)27-22-46(83)66-26-12-8-14-37(70-47(84)23-28-79-52(89)20-21-53(79)90)56(92)67-30-49(86)72-41(33-81)60(96)74-39(13-7-10-24-63)59(95)75-40(32-80)58(94)69-29-48(85)71-38(57(93)68-31-50(87)73-43(55(64)91)35-99-62(2,3)4)15-9-11-25-65-45(82)17-6-5-16-44-54-42(34-98-44)76-61(97)77-54/h18-21,37-44,54,80-81H,1,5-17,22-35,63H2,2-4H3,(H2,64,91)(H,65,82)(H,66,83)(H,67,92)(H,68,93)(H,69,94)(H,70,84)(H,71,85)(H,72,86)(H,73,87)(H,74,96)(H,75,95)(H2,76,77,97)/t37?,38?,39?,40?,41?,42?,43?,44-,54?/m0/s1. The van der Waals surface area contributed by atoms with Gasteiger partial charge in [0.2, 0.25) is 70.9 Å². The molecule has 19 N–H and O–H groups in total. The van der Waals surface area contributed by atoms with Crippen molar-refractivity contribution in [2.75, 3.05) is 77.1 Å². The first-order valence-corrected chi connectivity index (χ1v) is 35.0. The van der Waals surface area contributed by atoms with Crippen LogP contribution in [-0.2, 0) is 71.9 Å². The number of unbranched alkanes of at least 4 members (excludes halogenated alkanes) is 4. The number of imide groups is 1. The van der Waals surface area contributed by atoms with Gasteiger partial charge in [0.05, 0.1) is 44.9 Å². The highest BCUT2D eigenvalue weighted by Gasteiger charge is 2.43. The number of amides is 17. The molecule has 0 aromatic carbocycles. The van der Waals surface area contributed by atoms with Crippen molar-refractivity contribution in [3.63, 3.8) is 0 Å². The van der Waals surface area contributed by atoms with Gasteiger partial charge < -0.3 is 95.7 Å². The summed E-state index contributed by atoms with van der Waals surface area (Å²) in [5, 5.41) is 53.6. The van der Waals surface area contributed by atoms with Crippen LogP contribution in [0.3, 0.4) is 0 Å². The lowest BCUT2D eigenvalue weighted by molar-refractivity contribution is -0.138. The molecule has 4 heterocycles. The van der Waals surface area contributed by atoms with Crippen LogP contribution in [0.2, 0.25) is 0 Å². The number of urea groups is 1. The normalized spacial score (nSPS) is 17.9. The molecule has 550 valence electrons. The fourth-order valence-electron chi connectivity index (χ4n) is 10.3. The Morgan fingerprint density at radius 2 is 0.990 bits per heavy atom. The van der Waals surface area contributed by atoms with Gasteiger partial charge in [-0.25, -0.2) is 4.79 Å². The summed E-state index contributed by atoms with van der Waals surface area (Å²) in [7, 11) is 0. The van der Waals surface area contributed by atoms with Crippen LogP contribution in [-0.4, -0.2) is 250 Å². The Balaban J connectivity index is 1.30. The highest BCUT2D eigenvalue weighted by Crippen LogP contribution is 2.33. The van der Waals surface area contributed by atoms with Crippen molar-refractivity contribution in [2.45, 2.75) is 175 Å². The van der Waals surface area contributed by atoms with Gasteiger partial charge in [-0.15, -0.1) is 0 Å². The largest absolute Gasteiger partial charge is 0.394 e. The van der Waals surface area contributed by atoms with Gasteiger partial charge in [0.25, 0.3) is 17.7 Å². The van der Waals surface area contributed by atoms with Gasteiger partial charge >= 0.3 is 6.03 Å². The first-order valence-electron chi connectivity index (χ1n) is 32.9. The van der Waals surface area contributed by atoms with Crippen LogP contribution in [0.5, 0.6) is 0 Å². The lowest BCUT2D eigenvalue weighted by Crippen LogP contribution is -2.59. The third-order valence-electron chi connectivity index (χ3n) is 15.8. The number of carbonyl (C=O) groups excluding carboxylic acids is 16. The maximum absolute atomic E-state index is 13.8. The molecule has 4 aliphatic rings. The topological polar surface area (TPSA) is 528 Å². The molecule has 0 saturated carbocycles. The second-order valence-corrected chi connectivity index (χ2v) is 27.9. The number of hydrogen-bond acceptors (Lipinski definition) is 21. The predicted molar refractivity (Wildman–Crippen MR) is 362 cm³/mol. The number of nitrogens with zero attached hydrogens (tertiary/aromatic N) is 2. The summed E-state index contributed by atoms with van der Waals surface area (Å²) in [6.45, 7) is 5.54. The van der Waals surface area contributed by atoms with E-state index in [0.29, 0.717) is 31.4 Å². The maximum atomic E-state index is 13.8. The van der Waals surface area contributed by atoms with Crippen LogP contribution in [0.1, 0.15) is 117 Å². The van der Waals surface area contributed by atoms with Gasteiger partial charge in [-0.2, -0.15) is 23.5 Å². The monoisotopic (exact) mass is 1430 g/mol. The molecule has 0 radical (unpaired) electrons. The average Bonchev–Trinajstić information content (AvgIpc) is 1.68. The Bertz CT molecular complexity index is 2950. The van der Waals surface area contributed by atoms with Crippen molar-refractivity contribution in [2.24, 2.45) is 11.5 Å². The molecule has 2 saturated heterocycles. The zero-order valence-electron chi connectivity index (χ0n) is 56.1. The molecule has 0 aliphatic carbocycles. The molecule has 0 aromatic rings. The molecule has 35 nitrogen and oxygen atoms in total. The summed E-state index contributed by atoms with van der Waals surface area (Å²) >= 11 is 3.16. The summed E-state index contributed by atoms with van der Waals surface area (Å²) in [6.07, 6.45) is 8.67. The maximum Gasteiger partial charge on any atom is 0.315 e. The lowest BCUT2D eigenvalue weighted by atomic mass is 10.0. The Hall–Kier alpha value is -8.68. The van der Waals surface area contributed by atoms with Crippen LogP contribution in [0.4, 0.5) is 4.79 Å². The van der Waals surface area contributed by atoms with Crippen LogP contribution >= 0.6 is 23.5 Å². The zero-order chi connectivity index (χ0) is 73.2. The van der Waals surface area contributed by atoms with E-state index in [2.05, 4.69) is 75.7 Å². The summed E-state index contributed by atoms with van der Waals surface area (Å²) in [5.74, 6) is -10.3. The van der Waals surface area contributed by atoms with Crippen molar-refractivity contribution in [3.05, 3.63) is 36.6 Å². The summed E-state index contributed by atoms with van der Waals surface area (Å²) in [4.78, 5) is 208. The summed E-state index contributed by atoms with van der Waals surface area (Å²) < 4.78 is -0.271. The van der Waals surface area contributed by atoms with Crippen molar-refractivity contribution >= 4 is 118 Å². The van der Waals surface area contributed by atoms with Crippen molar-refractivity contribution < 1.29 is 86.9 Å². The number of nitrogens with two attached hydrogens (primary N) is 2. The minimum absolute atomic E-state index is 0.0153. The Kier molecular flexibility index (Phi) is 35.9. The Morgan fingerprint density at radius 3 is 1.52 bits per heavy atom. The number of thioether (sulfide) groups is 2. The van der Waals surface area contributed by atoms with Crippen LogP contribution in [0.15, 0.2) is 36.6 Å². The van der Waals surface area contributed by atoms with Gasteiger partial charge in [0.15, 0.2) is 0 Å². The SMILES string of the molecule is C=C1C=CC(=O)N1CCC(=O)NCCCCC(NC(=O)CCN1C(=O)C=CC1=O)C(=O)NCC(=O)NC(CO)C(=O)NC(CCCCN)C(=O)NC(CO)C(=O)NCC(=O)NC(CCCCNC(=O)CCCC[C@@H]1SCC2NC(=O)NC21)C(=O)NCC(=O)NC(CSC(C)(C)C)C(N)=O. The van der Waals surface area contributed by atoms with E-state index < -0.39 is 140 Å². The van der Waals surface area contributed by atoms with E-state index in [1.54, 1.807) is 11.8 Å². The molecule has 9 atom stereocenters. The van der Waals surface area contributed by atoms with E-state index in [1.165, 1.54) is 28.8 Å². The first kappa shape index (κ1) is 82.7. The number of aliphatic hydroxyl groups is 2. The highest BCUT2D eigenvalue weighted by atomic mass is 32.2. The number of primary amides is 1. The number of rotatable bonds is 47. The number of allylic oxidation sites excluding steroid dienone is 1. The minimum atomic E-state index is -1.74. The predicted octanol–water partition coefficient (Wildman–Crippen LogP) is -5.71. The fraction of sp³-hybridized carbons (Fsp3) is 0.645. The van der Waals surface area contributed by atoms with Crippen molar-refractivity contribution in [1.29, 1.82) is 0 Å². The molecule has 4 aliphatic heterocycles. The molecule has 4 rings (SSSR count). The molecule has 99 heavy (non-hydrogen) atoms. The van der Waals surface area contributed by atoms with Gasteiger partial charge in [0.1, 0.15) is 36.3 Å². The number of nitrogens with one attached hydrogen (secondary N) is 13.